The molecule has 0 bridgehead atoms. The van der Waals surface area contributed by atoms with Crippen LogP contribution in [0.2, 0.25) is 0 Å². The highest BCUT2D eigenvalue weighted by molar-refractivity contribution is 5.69. The lowest BCUT2D eigenvalue weighted by molar-refractivity contribution is -0.147. The van der Waals surface area contributed by atoms with Gasteiger partial charge in [-0.15, -0.1) is 0 Å². The Bertz CT molecular complexity index is 748. The fourth-order valence-corrected chi connectivity index (χ4v) is 3.76. The number of carbonyl (C=O) groups is 1. The van der Waals surface area contributed by atoms with Crippen LogP contribution in [0.4, 0.5) is 8.78 Å². The minimum Gasteiger partial charge on any atom is -0.487 e. The monoisotopic (exact) mass is 452 g/mol. The second-order valence-corrected chi connectivity index (χ2v) is 8.47. The normalized spacial score (nSPS) is 24.0. The fourth-order valence-electron chi connectivity index (χ4n) is 3.76. The first-order chi connectivity index (χ1) is 15.2. The Morgan fingerprint density at radius 3 is 2.59 bits per heavy atom. The molecule has 0 amide bonds. The number of carbonyl (C=O) groups excluding carboxylic acids is 1. The Balaban J connectivity index is 1.83. The Morgan fingerprint density at radius 2 is 1.91 bits per heavy atom. The number of para-hydroxylation sites is 1. The molecule has 1 saturated carbocycles. The van der Waals surface area contributed by atoms with Gasteiger partial charge < -0.3 is 19.7 Å². The van der Waals surface area contributed by atoms with Gasteiger partial charge in [0, 0.05) is 18.8 Å². The lowest BCUT2D eigenvalue weighted by Gasteiger charge is -2.20. The Morgan fingerprint density at radius 1 is 1.19 bits per heavy atom. The molecule has 5 nitrogen and oxygen atoms in total. The standard InChI is InChI=1S/C25H34F2O5/c1-18(2)32-24(30)13-9-4-3-8-12-20-21(23(29)16-22(20)28)14-15-25(26,27)17-31-19-10-6-5-7-11-19/h3,5-8,10-11,14-15,18,20-23,28-29H,4,9,12-13,16-17H2,1-2H3/b8-3+,15-14+/t20-,21+,22+,23+/m0/s1. The first-order valence-corrected chi connectivity index (χ1v) is 11.1. The first kappa shape index (κ1) is 26.0. The van der Waals surface area contributed by atoms with Crippen molar-refractivity contribution in [2.24, 2.45) is 11.8 Å². The van der Waals surface area contributed by atoms with Crippen molar-refractivity contribution in [1.29, 1.82) is 0 Å². The zero-order chi connectivity index (χ0) is 23.6. The highest BCUT2D eigenvalue weighted by atomic mass is 19.3. The van der Waals surface area contributed by atoms with Crippen LogP contribution in [-0.4, -0.2) is 47.0 Å². The molecule has 1 aliphatic rings. The predicted molar refractivity (Wildman–Crippen MR) is 118 cm³/mol. The molecule has 32 heavy (non-hydrogen) atoms. The third-order valence-corrected chi connectivity index (χ3v) is 5.35. The van der Waals surface area contributed by atoms with Gasteiger partial charge in [0.15, 0.2) is 6.61 Å². The summed E-state index contributed by atoms with van der Waals surface area (Å²) in [6.45, 7) is 2.80. The zero-order valence-electron chi connectivity index (χ0n) is 18.7. The lowest BCUT2D eigenvalue weighted by atomic mass is 9.89. The molecule has 0 unspecified atom stereocenters. The van der Waals surface area contributed by atoms with Crippen LogP contribution in [0.25, 0.3) is 0 Å². The maximum atomic E-state index is 14.2. The summed E-state index contributed by atoms with van der Waals surface area (Å²) in [6.07, 6.45) is 6.33. The van der Waals surface area contributed by atoms with Gasteiger partial charge >= 0.3 is 5.97 Å². The van der Waals surface area contributed by atoms with Crippen LogP contribution in [0.15, 0.2) is 54.6 Å². The summed E-state index contributed by atoms with van der Waals surface area (Å²) < 4.78 is 38.7. The van der Waals surface area contributed by atoms with Crippen LogP contribution in [0.5, 0.6) is 5.75 Å². The van der Waals surface area contributed by atoms with E-state index in [4.69, 9.17) is 9.47 Å². The number of benzene rings is 1. The van der Waals surface area contributed by atoms with Crippen molar-refractivity contribution in [3.05, 3.63) is 54.6 Å². The molecular weight excluding hydrogens is 418 g/mol. The molecule has 1 fully saturated rings. The summed E-state index contributed by atoms with van der Waals surface area (Å²) in [7, 11) is 0. The van der Waals surface area contributed by atoms with E-state index in [1.807, 2.05) is 12.2 Å². The topological polar surface area (TPSA) is 76.0 Å². The zero-order valence-corrected chi connectivity index (χ0v) is 18.7. The van der Waals surface area contributed by atoms with Gasteiger partial charge in [0.2, 0.25) is 0 Å². The van der Waals surface area contributed by atoms with Crippen LogP contribution >= 0.6 is 0 Å². The van der Waals surface area contributed by atoms with Crippen molar-refractivity contribution in [2.45, 2.75) is 70.2 Å². The minimum atomic E-state index is -3.20. The van der Waals surface area contributed by atoms with Crippen molar-refractivity contribution >= 4 is 5.97 Å². The predicted octanol–water partition coefficient (Wildman–Crippen LogP) is 4.68. The van der Waals surface area contributed by atoms with Crippen LogP contribution in [-0.2, 0) is 9.53 Å². The Labute approximate surface area is 188 Å². The average Bonchev–Trinajstić information content (AvgIpc) is 3.00. The van der Waals surface area contributed by atoms with Gasteiger partial charge in [0.25, 0.3) is 5.92 Å². The number of ether oxygens (including phenoxy) is 2. The third kappa shape index (κ3) is 9.09. The number of allylic oxidation sites excluding steroid dienone is 2. The number of halogens is 2. The number of esters is 1. The third-order valence-electron chi connectivity index (χ3n) is 5.35. The van der Waals surface area contributed by atoms with Gasteiger partial charge in [-0.25, -0.2) is 0 Å². The van der Waals surface area contributed by atoms with E-state index in [1.165, 1.54) is 6.08 Å². The molecule has 0 spiro atoms. The van der Waals surface area contributed by atoms with E-state index in [9.17, 15) is 23.8 Å². The second kappa shape index (κ2) is 12.7. The minimum absolute atomic E-state index is 0.129. The van der Waals surface area contributed by atoms with E-state index >= 15 is 0 Å². The average molecular weight is 453 g/mol. The molecular formula is C25H34F2O5. The first-order valence-electron chi connectivity index (χ1n) is 11.1. The SMILES string of the molecule is CC(C)OC(=O)CCC/C=C/C[C@H]1[C@@H](/C=C/C(F)(F)COc2ccccc2)[C@H](O)C[C@H]1O. The van der Waals surface area contributed by atoms with Crippen LogP contribution in [0.1, 0.15) is 46.0 Å². The number of hydrogen-bond donors (Lipinski definition) is 2. The van der Waals surface area contributed by atoms with Crippen molar-refractivity contribution < 1.29 is 33.3 Å². The molecule has 2 rings (SSSR count). The Hall–Kier alpha value is -2.25. The number of aliphatic hydroxyl groups excluding tert-OH is 2. The molecule has 1 aromatic carbocycles. The molecule has 0 aliphatic heterocycles. The number of rotatable bonds is 12. The number of aliphatic hydroxyl groups is 2. The van der Waals surface area contributed by atoms with E-state index in [0.29, 0.717) is 31.4 Å². The summed E-state index contributed by atoms with van der Waals surface area (Å²) >= 11 is 0. The summed E-state index contributed by atoms with van der Waals surface area (Å²) in [5, 5.41) is 20.5. The summed E-state index contributed by atoms with van der Waals surface area (Å²) in [5.41, 5.74) is 0. The van der Waals surface area contributed by atoms with Crippen molar-refractivity contribution in [3.63, 3.8) is 0 Å². The molecule has 7 heteroatoms. The maximum absolute atomic E-state index is 14.2. The molecule has 178 valence electrons. The molecule has 1 aliphatic carbocycles. The summed E-state index contributed by atoms with van der Waals surface area (Å²) in [6, 6.07) is 8.39. The second-order valence-electron chi connectivity index (χ2n) is 8.47. The van der Waals surface area contributed by atoms with Crippen molar-refractivity contribution in [1.82, 2.24) is 0 Å². The van der Waals surface area contributed by atoms with E-state index in [0.717, 1.165) is 6.08 Å². The number of unbranched alkanes of at least 4 members (excludes halogenated alkanes) is 1. The van der Waals surface area contributed by atoms with E-state index in [1.54, 1.807) is 44.2 Å². The van der Waals surface area contributed by atoms with Gasteiger partial charge in [-0.05, 0) is 57.2 Å². The molecule has 0 radical (unpaired) electrons. The fraction of sp³-hybridized carbons (Fsp3) is 0.560. The molecule has 1 aromatic rings. The van der Waals surface area contributed by atoms with Gasteiger partial charge in [0.1, 0.15) is 5.75 Å². The largest absolute Gasteiger partial charge is 0.487 e. The highest BCUT2D eigenvalue weighted by Gasteiger charge is 2.40. The lowest BCUT2D eigenvalue weighted by Crippen LogP contribution is -2.25. The molecule has 0 saturated heterocycles. The molecule has 0 heterocycles. The van der Waals surface area contributed by atoms with Gasteiger partial charge in [-0.3, -0.25) is 4.79 Å². The van der Waals surface area contributed by atoms with Crippen molar-refractivity contribution in [2.75, 3.05) is 6.61 Å². The highest BCUT2D eigenvalue weighted by Crippen LogP contribution is 2.37. The van der Waals surface area contributed by atoms with E-state index in [-0.39, 0.29) is 24.4 Å². The molecule has 0 aromatic heterocycles. The number of hydrogen-bond acceptors (Lipinski definition) is 5. The van der Waals surface area contributed by atoms with Crippen molar-refractivity contribution in [3.8, 4) is 5.75 Å². The smallest absolute Gasteiger partial charge is 0.306 e. The van der Waals surface area contributed by atoms with Gasteiger partial charge in [-0.1, -0.05) is 36.4 Å². The molecule has 4 atom stereocenters. The van der Waals surface area contributed by atoms with Gasteiger partial charge in [0.05, 0.1) is 18.3 Å². The van der Waals surface area contributed by atoms with E-state index < -0.39 is 30.7 Å². The summed E-state index contributed by atoms with van der Waals surface area (Å²) in [5.74, 6) is -4.00. The van der Waals surface area contributed by atoms with Gasteiger partial charge in [-0.2, -0.15) is 8.78 Å². The Kier molecular flexibility index (Phi) is 10.3. The van der Waals surface area contributed by atoms with E-state index in [2.05, 4.69) is 0 Å². The van der Waals surface area contributed by atoms with Crippen LogP contribution in [0, 0.1) is 11.8 Å². The number of alkyl halides is 2. The quantitative estimate of drug-likeness (QED) is 0.274. The molecule has 2 N–H and O–H groups in total. The summed E-state index contributed by atoms with van der Waals surface area (Å²) in [4.78, 5) is 11.5. The van der Waals surface area contributed by atoms with Crippen LogP contribution in [0.3, 0.4) is 0 Å². The van der Waals surface area contributed by atoms with Crippen LogP contribution < -0.4 is 4.74 Å². The maximum Gasteiger partial charge on any atom is 0.306 e.